The van der Waals surface area contributed by atoms with Crippen LogP contribution in [0.1, 0.15) is 32.6 Å². The lowest BCUT2D eigenvalue weighted by molar-refractivity contribution is -0.143. The van der Waals surface area contributed by atoms with Crippen molar-refractivity contribution in [2.24, 2.45) is 5.73 Å². The highest BCUT2D eigenvalue weighted by Gasteiger charge is 2.29. The monoisotopic (exact) mass is 258 g/mol. The van der Waals surface area contributed by atoms with Crippen molar-refractivity contribution in [3.8, 4) is 0 Å². The fourth-order valence-electron chi connectivity index (χ4n) is 1.86. The first kappa shape index (κ1) is 14.9. The average Bonchev–Trinajstić information content (AvgIpc) is 2.83. The summed E-state index contributed by atoms with van der Waals surface area (Å²) >= 11 is 0. The molecule has 0 aromatic carbocycles. The van der Waals surface area contributed by atoms with Gasteiger partial charge in [-0.3, -0.25) is 9.59 Å². The van der Waals surface area contributed by atoms with Gasteiger partial charge in [-0.25, -0.2) is 0 Å². The van der Waals surface area contributed by atoms with Crippen molar-refractivity contribution in [3.05, 3.63) is 0 Å². The van der Waals surface area contributed by atoms with Gasteiger partial charge >= 0.3 is 5.97 Å². The molecular formula is C12H22N2O4. The predicted molar refractivity (Wildman–Crippen MR) is 65.8 cm³/mol. The fraction of sp³-hybridized carbons (Fsp3) is 0.833. The third kappa shape index (κ3) is 5.01. The van der Waals surface area contributed by atoms with Gasteiger partial charge in [0.25, 0.3) is 0 Å². The van der Waals surface area contributed by atoms with Crippen LogP contribution in [0.15, 0.2) is 0 Å². The highest BCUT2D eigenvalue weighted by atomic mass is 16.5. The predicted octanol–water partition coefficient (Wildman–Crippen LogP) is -0.0478. The van der Waals surface area contributed by atoms with Crippen molar-refractivity contribution >= 4 is 11.9 Å². The Balaban J connectivity index is 2.09. The van der Waals surface area contributed by atoms with Gasteiger partial charge in [0, 0.05) is 19.5 Å². The van der Waals surface area contributed by atoms with Gasteiger partial charge in [0.2, 0.25) is 5.91 Å². The Kier molecular flexibility index (Phi) is 6.67. The van der Waals surface area contributed by atoms with Crippen LogP contribution in [0.25, 0.3) is 0 Å². The van der Waals surface area contributed by atoms with Gasteiger partial charge in [-0.1, -0.05) is 0 Å². The molecule has 0 aliphatic carbocycles. The normalized spacial score (nSPS) is 22.8. The minimum absolute atomic E-state index is 0.000261. The highest BCUT2D eigenvalue weighted by molar-refractivity contribution is 5.81. The Bertz CT molecular complexity index is 283. The lowest BCUT2D eigenvalue weighted by Gasteiger charge is -2.12. The van der Waals surface area contributed by atoms with E-state index in [1.54, 1.807) is 6.92 Å². The number of amides is 1. The number of hydrogen-bond acceptors (Lipinski definition) is 5. The maximum absolute atomic E-state index is 11.7. The molecule has 0 saturated carbocycles. The SMILES string of the molecule is CCOC(=O)CCCNC(=O)[C@@H]1CC[C@H](CN)O1. The molecule has 0 aromatic rings. The van der Waals surface area contributed by atoms with Crippen molar-refractivity contribution in [1.82, 2.24) is 5.32 Å². The number of carbonyl (C=O) groups is 2. The van der Waals surface area contributed by atoms with Crippen LogP contribution in [-0.2, 0) is 19.1 Å². The number of hydrogen-bond donors (Lipinski definition) is 2. The van der Waals surface area contributed by atoms with E-state index in [1.807, 2.05) is 0 Å². The van der Waals surface area contributed by atoms with Gasteiger partial charge in [0.15, 0.2) is 0 Å². The minimum atomic E-state index is -0.388. The van der Waals surface area contributed by atoms with Gasteiger partial charge in [-0.2, -0.15) is 0 Å². The van der Waals surface area contributed by atoms with Crippen molar-refractivity contribution in [2.75, 3.05) is 19.7 Å². The van der Waals surface area contributed by atoms with E-state index >= 15 is 0 Å². The van der Waals surface area contributed by atoms with E-state index in [-0.39, 0.29) is 24.1 Å². The molecule has 2 atom stereocenters. The molecule has 1 amide bonds. The molecule has 0 spiro atoms. The largest absolute Gasteiger partial charge is 0.466 e. The molecule has 0 aromatic heterocycles. The van der Waals surface area contributed by atoms with Crippen LogP contribution < -0.4 is 11.1 Å². The molecule has 1 rings (SSSR count). The van der Waals surface area contributed by atoms with Crippen molar-refractivity contribution < 1.29 is 19.1 Å². The second kappa shape index (κ2) is 8.05. The molecular weight excluding hydrogens is 236 g/mol. The zero-order valence-electron chi connectivity index (χ0n) is 10.8. The average molecular weight is 258 g/mol. The van der Waals surface area contributed by atoms with Gasteiger partial charge < -0.3 is 20.5 Å². The summed E-state index contributed by atoms with van der Waals surface area (Å²) in [4.78, 5) is 22.7. The summed E-state index contributed by atoms with van der Waals surface area (Å²) in [7, 11) is 0. The highest BCUT2D eigenvalue weighted by Crippen LogP contribution is 2.18. The van der Waals surface area contributed by atoms with Gasteiger partial charge in [0.05, 0.1) is 12.7 Å². The topological polar surface area (TPSA) is 90.7 Å². The third-order valence-corrected chi connectivity index (χ3v) is 2.83. The summed E-state index contributed by atoms with van der Waals surface area (Å²) in [5.74, 6) is -0.345. The lowest BCUT2D eigenvalue weighted by Crippen LogP contribution is -2.36. The molecule has 3 N–H and O–H groups in total. The molecule has 1 aliphatic heterocycles. The lowest BCUT2D eigenvalue weighted by atomic mass is 10.2. The molecule has 0 radical (unpaired) electrons. The second-order valence-corrected chi connectivity index (χ2v) is 4.26. The van der Waals surface area contributed by atoms with Crippen LogP contribution in [-0.4, -0.2) is 43.8 Å². The van der Waals surface area contributed by atoms with Crippen LogP contribution in [0.4, 0.5) is 0 Å². The summed E-state index contributed by atoms with van der Waals surface area (Å²) in [6.07, 6.45) is 2.06. The summed E-state index contributed by atoms with van der Waals surface area (Å²) in [5.41, 5.74) is 5.47. The van der Waals surface area contributed by atoms with E-state index in [1.165, 1.54) is 0 Å². The van der Waals surface area contributed by atoms with Crippen LogP contribution in [0.3, 0.4) is 0 Å². The van der Waals surface area contributed by atoms with E-state index in [0.29, 0.717) is 39.0 Å². The van der Waals surface area contributed by atoms with Crippen molar-refractivity contribution in [3.63, 3.8) is 0 Å². The summed E-state index contributed by atoms with van der Waals surface area (Å²) < 4.78 is 10.2. The quantitative estimate of drug-likeness (QED) is 0.493. The minimum Gasteiger partial charge on any atom is -0.466 e. The van der Waals surface area contributed by atoms with E-state index in [9.17, 15) is 9.59 Å². The zero-order valence-corrected chi connectivity index (χ0v) is 10.8. The number of nitrogens with two attached hydrogens (primary N) is 1. The number of nitrogens with one attached hydrogen (secondary N) is 1. The third-order valence-electron chi connectivity index (χ3n) is 2.83. The number of rotatable bonds is 7. The Morgan fingerprint density at radius 3 is 2.83 bits per heavy atom. The molecule has 18 heavy (non-hydrogen) atoms. The smallest absolute Gasteiger partial charge is 0.305 e. The molecule has 0 bridgehead atoms. The molecule has 1 saturated heterocycles. The Hall–Kier alpha value is -1.14. The zero-order chi connectivity index (χ0) is 13.4. The summed E-state index contributed by atoms with van der Waals surface area (Å²) in [6, 6.07) is 0. The van der Waals surface area contributed by atoms with E-state index in [2.05, 4.69) is 5.32 Å². The van der Waals surface area contributed by atoms with E-state index < -0.39 is 0 Å². The van der Waals surface area contributed by atoms with Crippen LogP contribution in [0.2, 0.25) is 0 Å². The standard InChI is InChI=1S/C12H22N2O4/c1-2-17-11(15)4-3-7-14-12(16)10-6-5-9(8-13)18-10/h9-10H,2-8,13H2,1H3,(H,14,16)/t9-,10+/m1/s1. The molecule has 104 valence electrons. The van der Waals surface area contributed by atoms with E-state index in [4.69, 9.17) is 15.2 Å². The van der Waals surface area contributed by atoms with Crippen LogP contribution >= 0.6 is 0 Å². The maximum Gasteiger partial charge on any atom is 0.305 e. The summed E-state index contributed by atoms with van der Waals surface area (Å²) in [5, 5.41) is 2.75. The van der Waals surface area contributed by atoms with Crippen molar-refractivity contribution in [2.45, 2.75) is 44.8 Å². The molecule has 1 aliphatic rings. The van der Waals surface area contributed by atoms with E-state index in [0.717, 1.165) is 6.42 Å². The molecule has 6 heteroatoms. The van der Waals surface area contributed by atoms with Crippen molar-refractivity contribution in [1.29, 1.82) is 0 Å². The number of esters is 1. The second-order valence-electron chi connectivity index (χ2n) is 4.26. The van der Waals surface area contributed by atoms with Crippen LogP contribution in [0, 0.1) is 0 Å². The van der Waals surface area contributed by atoms with Crippen LogP contribution in [0.5, 0.6) is 0 Å². The van der Waals surface area contributed by atoms with Gasteiger partial charge in [-0.15, -0.1) is 0 Å². The number of carbonyl (C=O) groups excluding carboxylic acids is 2. The molecule has 1 fully saturated rings. The first-order valence-corrected chi connectivity index (χ1v) is 6.46. The number of ether oxygens (including phenoxy) is 2. The molecule has 0 unspecified atom stereocenters. The Labute approximate surface area is 107 Å². The summed E-state index contributed by atoms with van der Waals surface area (Å²) in [6.45, 7) is 3.07. The first-order valence-electron chi connectivity index (χ1n) is 6.46. The molecule has 1 heterocycles. The fourth-order valence-corrected chi connectivity index (χ4v) is 1.86. The Morgan fingerprint density at radius 2 is 2.22 bits per heavy atom. The van der Waals surface area contributed by atoms with Gasteiger partial charge in [0.1, 0.15) is 6.10 Å². The first-order chi connectivity index (χ1) is 8.67. The van der Waals surface area contributed by atoms with Gasteiger partial charge in [-0.05, 0) is 26.2 Å². The Morgan fingerprint density at radius 1 is 1.44 bits per heavy atom. The molecule has 6 nitrogen and oxygen atoms in total. The maximum atomic E-state index is 11.7.